The number of benzene rings is 1. The normalized spacial score (nSPS) is 29.3. The lowest BCUT2D eigenvalue weighted by Crippen LogP contribution is -2.38. The number of nitrogens with two attached hydrogens (primary N) is 1. The van der Waals surface area contributed by atoms with Crippen LogP contribution >= 0.6 is 0 Å². The summed E-state index contributed by atoms with van der Waals surface area (Å²) in [6.45, 7) is 1.28. The van der Waals surface area contributed by atoms with Crippen LogP contribution in [0, 0.1) is 17.7 Å². The van der Waals surface area contributed by atoms with Gasteiger partial charge in [-0.25, -0.2) is 4.39 Å². The predicted octanol–water partition coefficient (Wildman–Crippen LogP) is 1.73. The molecule has 20 heavy (non-hydrogen) atoms. The molecule has 1 heterocycles. The summed E-state index contributed by atoms with van der Waals surface area (Å²) in [6.07, 6.45) is 3.22. The molecule has 4 nitrogen and oxygen atoms in total. The highest BCUT2D eigenvalue weighted by atomic mass is 19.1. The summed E-state index contributed by atoms with van der Waals surface area (Å²) in [6, 6.07) is 3.80. The minimum Gasteiger partial charge on any atom is -0.508 e. The number of carbonyl (C=O) groups excluding carboxylic acids is 1. The zero-order valence-electron chi connectivity index (χ0n) is 11.3. The van der Waals surface area contributed by atoms with Gasteiger partial charge in [-0.2, -0.15) is 0 Å². The molecule has 3 atom stereocenters. The maximum atomic E-state index is 13.8. The van der Waals surface area contributed by atoms with Crippen LogP contribution in [0.4, 0.5) is 4.39 Å². The number of halogens is 1. The summed E-state index contributed by atoms with van der Waals surface area (Å²) in [5.41, 5.74) is 6.15. The van der Waals surface area contributed by atoms with Gasteiger partial charge in [-0.3, -0.25) is 4.79 Å². The van der Waals surface area contributed by atoms with Crippen LogP contribution < -0.4 is 5.73 Å². The van der Waals surface area contributed by atoms with Crippen molar-refractivity contribution >= 4 is 5.91 Å². The molecular weight excluding hydrogens is 259 g/mol. The van der Waals surface area contributed by atoms with Crippen molar-refractivity contribution in [1.82, 2.24) is 4.90 Å². The fourth-order valence-corrected chi connectivity index (χ4v) is 3.53. The van der Waals surface area contributed by atoms with Gasteiger partial charge in [-0.1, -0.05) is 6.42 Å². The van der Waals surface area contributed by atoms with E-state index >= 15 is 0 Å². The molecule has 1 amide bonds. The fourth-order valence-electron chi connectivity index (χ4n) is 3.53. The number of hydrogen-bond donors (Lipinski definition) is 2. The first-order chi connectivity index (χ1) is 9.56. The van der Waals surface area contributed by atoms with E-state index in [1.807, 2.05) is 0 Å². The van der Waals surface area contributed by atoms with Crippen LogP contribution in [-0.4, -0.2) is 35.0 Å². The molecule has 5 heteroatoms. The summed E-state index contributed by atoms with van der Waals surface area (Å²) in [7, 11) is 0. The van der Waals surface area contributed by atoms with Gasteiger partial charge in [0, 0.05) is 25.2 Å². The molecule has 0 spiro atoms. The first kappa shape index (κ1) is 13.4. The highest BCUT2D eigenvalue weighted by Gasteiger charge is 2.40. The number of phenolic OH excluding ortho intramolecular Hbond substituents is 1. The van der Waals surface area contributed by atoms with E-state index in [2.05, 4.69) is 0 Å². The Morgan fingerprint density at radius 3 is 2.85 bits per heavy atom. The van der Waals surface area contributed by atoms with Gasteiger partial charge >= 0.3 is 0 Å². The van der Waals surface area contributed by atoms with Crippen LogP contribution in [0.3, 0.4) is 0 Å². The second-order valence-electron chi connectivity index (χ2n) is 5.89. The zero-order valence-corrected chi connectivity index (χ0v) is 11.3. The van der Waals surface area contributed by atoms with E-state index in [0.29, 0.717) is 24.9 Å². The molecule has 1 saturated heterocycles. The monoisotopic (exact) mass is 278 g/mol. The number of fused-ring (bicyclic) bond motifs is 1. The second kappa shape index (κ2) is 5.05. The average Bonchev–Trinajstić information content (AvgIpc) is 2.83. The topological polar surface area (TPSA) is 66.6 Å². The molecular formula is C15H19FN2O2. The van der Waals surface area contributed by atoms with Gasteiger partial charge < -0.3 is 15.7 Å². The number of aromatic hydroxyl groups is 1. The van der Waals surface area contributed by atoms with Gasteiger partial charge in [0.1, 0.15) is 11.6 Å². The van der Waals surface area contributed by atoms with E-state index in [0.717, 1.165) is 25.3 Å². The fraction of sp³-hybridized carbons (Fsp3) is 0.533. The van der Waals surface area contributed by atoms with Gasteiger partial charge in [-0.05, 0) is 36.8 Å². The maximum absolute atomic E-state index is 13.8. The molecule has 0 bridgehead atoms. The standard InChI is InChI=1S/C15H19FN2O2/c16-13-6-10(19)4-5-11(13)15(20)18-7-9-2-1-3-14(17)12(9)8-18/h4-6,9,12,14,19H,1-3,7-8,17H2. The van der Waals surface area contributed by atoms with E-state index < -0.39 is 5.82 Å². The van der Waals surface area contributed by atoms with Crippen LogP contribution in [0.5, 0.6) is 5.75 Å². The molecule has 108 valence electrons. The Labute approximate surface area is 117 Å². The Bertz CT molecular complexity index is 535. The number of amides is 1. The third-order valence-corrected chi connectivity index (χ3v) is 4.62. The summed E-state index contributed by atoms with van der Waals surface area (Å²) in [5, 5.41) is 9.21. The molecule has 3 N–H and O–H groups in total. The molecule has 0 aromatic heterocycles. The number of phenols is 1. The van der Waals surface area contributed by atoms with Crippen molar-refractivity contribution < 1.29 is 14.3 Å². The quantitative estimate of drug-likeness (QED) is 0.822. The maximum Gasteiger partial charge on any atom is 0.256 e. The van der Waals surface area contributed by atoms with Crippen molar-refractivity contribution in [3.8, 4) is 5.75 Å². The van der Waals surface area contributed by atoms with Crippen LogP contribution in [0.2, 0.25) is 0 Å². The average molecular weight is 278 g/mol. The van der Waals surface area contributed by atoms with Crippen molar-refractivity contribution in [2.75, 3.05) is 13.1 Å². The van der Waals surface area contributed by atoms with E-state index in [1.165, 1.54) is 12.1 Å². The number of likely N-dealkylation sites (tertiary alicyclic amines) is 1. The molecule has 0 radical (unpaired) electrons. The highest BCUT2D eigenvalue weighted by Crippen LogP contribution is 2.36. The van der Waals surface area contributed by atoms with Crippen LogP contribution in [0.15, 0.2) is 18.2 Å². The summed E-state index contributed by atoms with van der Waals surface area (Å²) in [5.74, 6) is -0.356. The summed E-state index contributed by atoms with van der Waals surface area (Å²) in [4.78, 5) is 14.1. The molecule has 3 rings (SSSR count). The molecule has 1 aliphatic carbocycles. The Hall–Kier alpha value is -1.62. The van der Waals surface area contributed by atoms with E-state index in [4.69, 9.17) is 5.73 Å². The summed E-state index contributed by atoms with van der Waals surface area (Å²) < 4.78 is 13.8. The minimum atomic E-state index is -0.672. The van der Waals surface area contributed by atoms with Crippen LogP contribution in [0.1, 0.15) is 29.6 Å². The van der Waals surface area contributed by atoms with Gasteiger partial charge in [0.25, 0.3) is 5.91 Å². The first-order valence-electron chi connectivity index (χ1n) is 7.09. The molecule has 3 unspecified atom stereocenters. The number of hydrogen-bond acceptors (Lipinski definition) is 3. The lowest BCUT2D eigenvalue weighted by atomic mass is 9.78. The molecule has 1 saturated carbocycles. The Morgan fingerprint density at radius 1 is 1.35 bits per heavy atom. The Kier molecular flexibility index (Phi) is 3.38. The number of rotatable bonds is 1. The molecule has 2 fully saturated rings. The third-order valence-electron chi connectivity index (χ3n) is 4.62. The number of carbonyl (C=O) groups is 1. The van der Waals surface area contributed by atoms with Gasteiger partial charge in [0.05, 0.1) is 5.56 Å². The zero-order chi connectivity index (χ0) is 14.3. The van der Waals surface area contributed by atoms with Crippen molar-refractivity contribution in [1.29, 1.82) is 0 Å². The third kappa shape index (κ3) is 2.26. The van der Waals surface area contributed by atoms with E-state index in [9.17, 15) is 14.3 Å². The Morgan fingerprint density at radius 2 is 2.15 bits per heavy atom. The SMILES string of the molecule is NC1CCCC2CN(C(=O)c3ccc(O)cc3F)CC12. The molecule has 1 aromatic carbocycles. The lowest BCUT2D eigenvalue weighted by Gasteiger charge is -2.29. The molecule has 1 aromatic rings. The van der Waals surface area contributed by atoms with Gasteiger partial charge in [0.2, 0.25) is 0 Å². The van der Waals surface area contributed by atoms with E-state index in [1.54, 1.807) is 4.90 Å². The van der Waals surface area contributed by atoms with Crippen molar-refractivity contribution in [2.24, 2.45) is 17.6 Å². The first-order valence-corrected chi connectivity index (χ1v) is 7.09. The minimum absolute atomic E-state index is 0.0232. The Balaban J connectivity index is 1.78. The van der Waals surface area contributed by atoms with Gasteiger partial charge in [0.15, 0.2) is 0 Å². The number of nitrogens with zero attached hydrogens (tertiary/aromatic N) is 1. The van der Waals surface area contributed by atoms with Crippen molar-refractivity contribution in [3.63, 3.8) is 0 Å². The highest BCUT2D eigenvalue weighted by molar-refractivity contribution is 5.94. The van der Waals surface area contributed by atoms with Crippen molar-refractivity contribution in [3.05, 3.63) is 29.6 Å². The predicted molar refractivity (Wildman–Crippen MR) is 72.8 cm³/mol. The lowest BCUT2D eigenvalue weighted by molar-refractivity contribution is 0.0779. The van der Waals surface area contributed by atoms with Crippen molar-refractivity contribution in [2.45, 2.75) is 25.3 Å². The second-order valence-corrected chi connectivity index (χ2v) is 5.89. The van der Waals surface area contributed by atoms with Crippen LogP contribution in [-0.2, 0) is 0 Å². The van der Waals surface area contributed by atoms with E-state index in [-0.39, 0.29) is 23.3 Å². The molecule has 1 aliphatic heterocycles. The largest absolute Gasteiger partial charge is 0.508 e. The van der Waals surface area contributed by atoms with Gasteiger partial charge in [-0.15, -0.1) is 0 Å². The summed E-state index contributed by atoms with van der Waals surface area (Å²) >= 11 is 0. The van der Waals surface area contributed by atoms with Crippen LogP contribution in [0.25, 0.3) is 0 Å². The smallest absolute Gasteiger partial charge is 0.256 e. The molecule has 2 aliphatic rings.